The number of rotatable bonds is 8. The molecule has 2 aromatic carbocycles. The lowest BCUT2D eigenvalue weighted by molar-refractivity contribution is -0.116. The van der Waals surface area contributed by atoms with Gasteiger partial charge in [-0.25, -0.2) is 4.98 Å². The quantitative estimate of drug-likeness (QED) is 0.378. The SMILES string of the molecule is Cc1cccc(-c2nc(SCc3noc(CCC(=O)Nc4ccc(C)c(C)c4)n3)n[nH]2)c1. The molecule has 0 aliphatic rings. The molecule has 2 heterocycles. The van der Waals surface area contributed by atoms with Gasteiger partial charge < -0.3 is 9.84 Å². The van der Waals surface area contributed by atoms with Crippen LogP contribution in [-0.4, -0.2) is 31.2 Å². The predicted molar refractivity (Wildman–Crippen MR) is 123 cm³/mol. The van der Waals surface area contributed by atoms with E-state index in [2.05, 4.69) is 36.7 Å². The number of carbonyl (C=O) groups excluding carboxylic acids is 1. The lowest BCUT2D eigenvalue weighted by Gasteiger charge is -2.06. The van der Waals surface area contributed by atoms with E-state index in [-0.39, 0.29) is 12.3 Å². The summed E-state index contributed by atoms with van der Waals surface area (Å²) in [5.41, 5.74) is 5.27. The Morgan fingerprint density at radius 2 is 1.97 bits per heavy atom. The van der Waals surface area contributed by atoms with Gasteiger partial charge in [-0.1, -0.05) is 46.7 Å². The largest absolute Gasteiger partial charge is 0.339 e. The second kappa shape index (κ2) is 9.78. The van der Waals surface area contributed by atoms with Crippen LogP contribution in [0.1, 0.15) is 34.8 Å². The van der Waals surface area contributed by atoms with Crippen LogP contribution in [0.15, 0.2) is 52.1 Å². The zero-order valence-electron chi connectivity index (χ0n) is 18.2. The Balaban J connectivity index is 1.26. The third kappa shape index (κ3) is 5.61. The summed E-state index contributed by atoms with van der Waals surface area (Å²) < 4.78 is 5.27. The Morgan fingerprint density at radius 3 is 2.78 bits per heavy atom. The van der Waals surface area contributed by atoms with E-state index in [1.54, 1.807) is 0 Å². The van der Waals surface area contributed by atoms with Crippen LogP contribution in [0.4, 0.5) is 5.69 Å². The summed E-state index contributed by atoms with van der Waals surface area (Å²) in [5, 5.41) is 14.7. The van der Waals surface area contributed by atoms with Gasteiger partial charge in [0.25, 0.3) is 0 Å². The maximum atomic E-state index is 12.2. The number of aromatic amines is 1. The van der Waals surface area contributed by atoms with Crippen LogP contribution in [0.2, 0.25) is 0 Å². The normalized spacial score (nSPS) is 11.0. The molecule has 0 unspecified atom stereocenters. The minimum Gasteiger partial charge on any atom is -0.339 e. The van der Waals surface area contributed by atoms with Crippen LogP contribution in [0, 0.1) is 20.8 Å². The first-order valence-electron chi connectivity index (χ1n) is 10.3. The number of benzene rings is 2. The molecule has 0 atom stereocenters. The van der Waals surface area contributed by atoms with Crippen LogP contribution in [0.25, 0.3) is 11.4 Å². The summed E-state index contributed by atoms with van der Waals surface area (Å²) in [6.45, 7) is 6.10. The van der Waals surface area contributed by atoms with Gasteiger partial charge in [0, 0.05) is 24.1 Å². The first kappa shape index (κ1) is 21.8. The topological polar surface area (TPSA) is 110 Å². The van der Waals surface area contributed by atoms with Gasteiger partial charge in [-0.05, 0) is 50.1 Å². The standard InChI is InChI=1S/C23H24N6O2S/c1-14-5-4-6-17(11-14)22-26-23(28-27-22)32-13-19-25-21(31-29-19)10-9-20(30)24-18-8-7-15(2)16(3)12-18/h4-8,11-12H,9-10,13H2,1-3H3,(H,24,30)(H,26,27,28). The minimum absolute atomic E-state index is 0.0909. The molecule has 4 rings (SSSR count). The molecule has 0 fully saturated rings. The average Bonchev–Trinajstić information content (AvgIpc) is 3.43. The smallest absolute Gasteiger partial charge is 0.227 e. The predicted octanol–water partition coefficient (Wildman–Crippen LogP) is 4.64. The molecule has 0 radical (unpaired) electrons. The maximum Gasteiger partial charge on any atom is 0.227 e. The van der Waals surface area contributed by atoms with Crippen molar-refractivity contribution in [1.82, 2.24) is 25.3 Å². The molecule has 0 saturated carbocycles. The van der Waals surface area contributed by atoms with E-state index in [0.29, 0.717) is 29.0 Å². The number of anilines is 1. The van der Waals surface area contributed by atoms with Gasteiger partial charge in [-0.2, -0.15) is 4.98 Å². The van der Waals surface area contributed by atoms with Crippen LogP contribution >= 0.6 is 11.8 Å². The van der Waals surface area contributed by atoms with E-state index in [0.717, 1.165) is 28.2 Å². The highest BCUT2D eigenvalue weighted by Crippen LogP contribution is 2.22. The maximum absolute atomic E-state index is 12.2. The number of carbonyl (C=O) groups is 1. The fourth-order valence-corrected chi connectivity index (χ4v) is 3.72. The number of aryl methyl sites for hydroxylation is 4. The zero-order chi connectivity index (χ0) is 22.5. The highest BCUT2D eigenvalue weighted by Gasteiger charge is 2.12. The van der Waals surface area contributed by atoms with Gasteiger partial charge in [0.2, 0.25) is 17.0 Å². The molecule has 2 aromatic heterocycles. The summed E-state index contributed by atoms with van der Waals surface area (Å²) in [6, 6.07) is 13.9. The zero-order valence-corrected chi connectivity index (χ0v) is 19.0. The molecule has 1 amide bonds. The molecule has 0 aliphatic carbocycles. The molecular weight excluding hydrogens is 424 g/mol. The van der Waals surface area contributed by atoms with E-state index in [1.807, 2.05) is 57.2 Å². The summed E-state index contributed by atoms with van der Waals surface area (Å²) >= 11 is 1.42. The second-order valence-electron chi connectivity index (χ2n) is 7.58. The van der Waals surface area contributed by atoms with Gasteiger partial charge in [0.05, 0.1) is 5.75 Å². The lowest BCUT2D eigenvalue weighted by Crippen LogP contribution is -2.12. The number of H-pyrrole nitrogens is 1. The van der Waals surface area contributed by atoms with Crippen LogP contribution in [0.5, 0.6) is 0 Å². The van der Waals surface area contributed by atoms with E-state index in [1.165, 1.54) is 17.3 Å². The molecule has 4 aromatic rings. The Bertz CT molecular complexity index is 1230. The Hall–Kier alpha value is -3.46. The van der Waals surface area contributed by atoms with E-state index in [9.17, 15) is 4.79 Å². The van der Waals surface area contributed by atoms with E-state index in [4.69, 9.17) is 4.52 Å². The Labute approximate surface area is 190 Å². The molecule has 32 heavy (non-hydrogen) atoms. The number of nitrogens with one attached hydrogen (secondary N) is 2. The van der Waals surface area contributed by atoms with Crippen molar-refractivity contribution in [2.75, 3.05) is 5.32 Å². The van der Waals surface area contributed by atoms with Crippen molar-refractivity contribution < 1.29 is 9.32 Å². The van der Waals surface area contributed by atoms with E-state index < -0.39 is 0 Å². The fraction of sp³-hybridized carbons (Fsp3) is 0.261. The number of hydrogen-bond acceptors (Lipinski definition) is 7. The minimum atomic E-state index is -0.0909. The van der Waals surface area contributed by atoms with Crippen molar-refractivity contribution in [2.45, 2.75) is 44.5 Å². The molecule has 0 saturated heterocycles. The molecule has 0 bridgehead atoms. The summed E-state index contributed by atoms with van der Waals surface area (Å²) in [4.78, 5) is 21.1. The van der Waals surface area contributed by atoms with Crippen molar-refractivity contribution in [1.29, 1.82) is 0 Å². The van der Waals surface area contributed by atoms with E-state index >= 15 is 0 Å². The van der Waals surface area contributed by atoms with Crippen molar-refractivity contribution >= 4 is 23.4 Å². The van der Waals surface area contributed by atoms with Crippen LogP contribution in [-0.2, 0) is 17.0 Å². The Kier molecular flexibility index (Phi) is 6.65. The summed E-state index contributed by atoms with van der Waals surface area (Å²) in [7, 11) is 0. The lowest BCUT2D eigenvalue weighted by atomic mass is 10.1. The monoisotopic (exact) mass is 448 g/mol. The van der Waals surface area contributed by atoms with Crippen molar-refractivity contribution in [3.63, 3.8) is 0 Å². The van der Waals surface area contributed by atoms with Gasteiger partial charge in [0.1, 0.15) is 0 Å². The van der Waals surface area contributed by atoms with Crippen LogP contribution in [0.3, 0.4) is 0 Å². The molecule has 9 heteroatoms. The molecular formula is C23H24N6O2S. The van der Waals surface area contributed by atoms with Crippen LogP contribution < -0.4 is 5.32 Å². The highest BCUT2D eigenvalue weighted by molar-refractivity contribution is 7.98. The first-order chi connectivity index (χ1) is 15.5. The third-order valence-corrected chi connectivity index (χ3v) is 5.80. The third-order valence-electron chi connectivity index (χ3n) is 4.95. The van der Waals surface area contributed by atoms with Gasteiger partial charge in [-0.15, -0.1) is 5.10 Å². The molecule has 0 aliphatic heterocycles. The molecule has 0 spiro atoms. The van der Waals surface area contributed by atoms with Gasteiger partial charge >= 0.3 is 0 Å². The number of hydrogen-bond donors (Lipinski definition) is 2. The number of amides is 1. The average molecular weight is 449 g/mol. The van der Waals surface area contributed by atoms with Gasteiger partial charge in [0.15, 0.2) is 11.6 Å². The van der Waals surface area contributed by atoms with Gasteiger partial charge in [-0.3, -0.25) is 9.89 Å². The number of thioether (sulfide) groups is 1. The molecule has 2 N–H and O–H groups in total. The molecule has 8 nitrogen and oxygen atoms in total. The summed E-state index contributed by atoms with van der Waals surface area (Å²) in [5.74, 6) is 2.09. The van der Waals surface area contributed by atoms with Crippen molar-refractivity contribution in [3.8, 4) is 11.4 Å². The number of nitrogens with zero attached hydrogens (tertiary/aromatic N) is 4. The second-order valence-corrected chi connectivity index (χ2v) is 8.52. The van der Waals surface area contributed by atoms with Crippen molar-refractivity contribution in [3.05, 3.63) is 70.9 Å². The first-order valence-corrected chi connectivity index (χ1v) is 11.3. The molecule has 164 valence electrons. The Morgan fingerprint density at radius 1 is 1.09 bits per heavy atom. The number of aromatic nitrogens is 5. The highest BCUT2D eigenvalue weighted by atomic mass is 32.2. The summed E-state index contributed by atoms with van der Waals surface area (Å²) in [6.07, 6.45) is 0.648. The van der Waals surface area contributed by atoms with Crippen molar-refractivity contribution in [2.24, 2.45) is 0 Å². The fourth-order valence-electron chi connectivity index (χ4n) is 3.07.